The predicted octanol–water partition coefficient (Wildman–Crippen LogP) is 2.02. The number of phenolic OH excluding ortho intramolecular Hbond substituents is 1. The van der Waals surface area contributed by atoms with Gasteiger partial charge in [0.25, 0.3) is 0 Å². The van der Waals surface area contributed by atoms with Crippen molar-refractivity contribution in [2.45, 2.75) is 5.32 Å². The molecule has 0 aliphatic carbocycles. The fraction of sp³-hybridized carbons (Fsp3) is 0.0714. The normalized spacial score (nSPS) is 10.1. The SMILES string of the molecule is O=C(C[Se]c1ccccc1)c1ccccc1O. The minimum atomic E-state index is 0.00644. The summed E-state index contributed by atoms with van der Waals surface area (Å²) in [7, 11) is 0. The predicted molar refractivity (Wildman–Crippen MR) is 69.1 cm³/mol. The number of benzene rings is 2. The van der Waals surface area contributed by atoms with Gasteiger partial charge in [-0.15, -0.1) is 0 Å². The first-order chi connectivity index (χ1) is 8.27. The number of rotatable bonds is 4. The fourth-order valence-corrected chi connectivity index (χ4v) is 3.14. The quantitative estimate of drug-likeness (QED) is 0.691. The summed E-state index contributed by atoms with van der Waals surface area (Å²) in [6, 6.07) is 16.7. The van der Waals surface area contributed by atoms with Crippen molar-refractivity contribution in [1.29, 1.82) is 0 Å². The third kappa shape index (κ3) is 3.19. The molecule has 0 saturated carbocycles. The Morgan fingerprint density at radius 2 is 1.65 bits per heavy atom. The third-order valence-corrected chi connectivity index (χ3v) is 4.44. The van der Waals surface area contributed by atoms with Gasteiger partial charge in [0.15, 0.2) is 0 Å². The van der Waals surface area contributed by atoms with E-state index in [9.17, 15) is 9.90 Å². The standard InChI is InChI=1S/C14H12O2Se/c15-13-9-5-4-8-12(13)14(16)10-17-11-6-2-1-3-7-11/h1-9,15H,10H2. The van der Waals surface area contributed by atoms with Crippen LogP contribution in [0, 0.1) is 0 Å². The zero-order valence-corrected chi connectivity index (χ0v) is 10.9. The summed E-state index contributed by atoms with van der Waals surface area (Å²) in [5, 5.41) is 10.0. The van der Waals surface area contributed by atoms with E-state index in [1.807, 2.05) is 30.3 Å². The molecule has 86 valence electrons. The van der Waals surface area contributed by atoms with Gasteiger partial charge in [0.1, 0.15) is 0 Å². The molecule has 0 aromatic heterocycles. The molecule has 0 bridgehead atoms. The summed E-state index contributed by atoms with van der Waals surface area (Å²) >= 11 is 0.126. The van der Waals surface area contributed by atoms with Gasteiger partial charge in [-0.3, -0.25) is 0 Å². The van der Waals surface area contributed by atoms with E-state index in [2.05, 4.69) is 0 Å². The topological polar surface area (TPSA) is 37.3 Å². The molecule has 0 atom stereocenters. The number of ketones is 1. The molecule has 0 spiro atoms. The average Bonchev–Trinajstić information content (AvgIpc) is 2.38. The van der Waals surface area contributed by atoms with Gasteiger partial charge in [-0.1, -0.05) is 0 Å². The van der Waals surface area contributed by atoms with Gasteiger partial charge in [-0.2, -0.15) is 0 Å². The van der Waals surface area contributed by atoms with Crippen LogP contribution in [-0.2, 0) is 0 Å². The van der Waals surface area contributed by atoms with E-state index < -0.39 is 0 Å². The monoisotopic (exact) mass is 292 g/mol. The summed E-state index contributed by atoms with van der Waals surface area (Å²) in [4.78, 5) is 11.9. The fourth-order valence-electron chi connectivity index (χ4n) is 1.45. The van der Waals surface area contributed by atoms with Crippen LogP contribution >= 0.6 is 0 Å². The van der Waals surface area contributed by atoms with Crippen molar-refractivity contribution in [2.24, 2.45) is 0 Å². The second-order valence-corrected chi connectivity index (χ2v) is 5.74. The van der Waals surface area contributed by atoms with Crippen molar-refractivity contribution in [1.82, 2.24) is 0 Å². The second-order valence-electron chi connectivity index (χ2n) is 3.54. The third-order valence-electron chi connectivity index (χ3n) is 2.32. The van der Waals surface area contributed by atoms with Crippen LogP contribution in [0.2, 0.25) is 5.32 Å². The minimum absolute atomic E-state index is 0.00644. The molecule has 0 radical (unpaired) electrons. The number of Topliss-reactive ketones (excluding diaryl/α,β-unsaturated/α-hetero) is 1. The first-order valence-corrected chi connectivity index (χ1v) is 7.33. The van der Waals surface area contributed by atoms with Gasteiger partial charge < -0.3 is 0 Å². The van der Waals surface area contributed by atoms with Crippen molar-refractivity contribution in [3.8, 4) is 5.75 Å². The Labute approximate surface area is 106 Å². The van der Waals surface area contributed by atoms with Gasteiger partial charge >= 0.3 is 106 Å². The first kappa shape index (κ1) is 11.9. The second kappa shape index (κ2) is 5.67. The van der Waals surface area contributed by atoms with E-state index in [0.717, 1.165) is 0 Å². The Bertz CT molecular complexity index is 509. The van der Waals surface area contributed by atoms with Crippen molar-refractivity contribution < 1.29 is 9.90 Å². The van der Waals surface area contributed by atoms with Gasteiger partial charge in [-0.25, -0.2) is 0 Å². The number of hydrogen-bond acceptors (Lipinski definition) is 2. The van der Waals surface area contributed by atoms with Gasteiger partial charge in [-0.05, 0) is 0 Å². The van der Waals surface area contributed by atoms with Crippen LogP contribution in [0.5, 0.6) is 5.75 Å². The molecule has 0 saturated heterocycles. The van der Waals surface area contributed by atoms with Crippen molar-refractivity contribution in [2.75, 3.05) is 0 Å². The maximum absolute atomic E-state index is 11.9. The van der Waals surface area contributed by atoms with Crippen LogP contribution in [0.1, 0.15) is 10.4 Å². The number of para-hydroxylation sites is 1. The van der Waals surface area contributed by atoms with Gasteiger partial charge in [0.05, 0.1) is 0 Å². The number of carbonyl (C=O) groups is 1. The van der Waals surface area contributed by atoms with Gasteiger partial charge in [0, 0.05) is 0 Å². The molecule has 2 aromatic carbocycles. The van der Waals surface area contributed by atoms with Crippen molar-refractivity contribution in [3.05, 3.63) is 60.2 Å². The van der Waals surface area contributed by atoms with Crippen LogP contribution in [0.3, 0.4) is 0 Å². The summed E-state index contributed by atoms with van der Waals surface area (Å²) in [6.07, 6.45) is 0. The molecule has 2 nitrogen and oxygen atoms in total. The van der Waals surface area contributed by atoms with Crippen LogP contribution in [0.4, 0.5) is 0 Å². The van der Waals surface area contributed by atoms with E-state index in [-0.39, 0.29) is 26.5 Å². The van der Waals surface area contributed by atoms with Crippen LogP contribution in [0.25, 0.3) is 0 Å². The van der Waals surface area contributed by atoms with E-state index in [0.29, 0.717) is 10.9 Å². The van der Waals surface area contributed by atoms with Crippen LogP contribution in [0.15, 0.2) is 54.6 Å². The molecule has 0 heterocycles. The molecule has 3 heteroatoms. The average molecular weight is 291 g/mol. The Morgan fingerprint density at radius 1 is 1.00 bits per heavy atom. The molecule has 0 unspecified atom stereocenters. The summed E-state index contributed by atoms with van der Waals surface area (Å²) < 4.78 is 1.20. The molecule has 0 aliphatic heterocycles. The number of carbonyl (C=O) groups excluding carboxylic acids is 1. The molecule has 0 fully saturated rings. The number of phenols is 1. The van der Waals surface area contributed by atoms with Crippen molar-refractivity contribution >= 4 is 25.2 Å². The summed E-state index contributed by atoms with van der Waals surface area (Å²) in [6.45, 7) is 0. The Balaban J connectivity index is 2.01. The Morgan fingerprint density at radius 3 is 2.35 bits per heavy atom. The van der Waals surface area contributed by atoms with E-state index in [1.165, 1.54) is 4.46 Å². The molecular formula is C14H12O2Se. The maximum atomic E-state index is 11.9. The molecule has 1 N–H and O–H groups in total. The molecule has 2 aromatic rings. The zero-order chi connectivity index (χ0) is 12.1. The molecule has 17 heavy (non-hydrogen) atoms. The van der Waals surface area contributed by atoms with Crippen molar-refractivity contribution in [3.63, 3.8) is 0 Å². The van der Waals surface area contributed by atoms with E-state index >= 15 is 0 Å². The number of aromatic hydroxyl groups is 1. The summed E-state index contributed by atoms with van der Waals surface area (Å²) in [5.41, 5.74) is 0.422. The van der Waals surface area contributed by atoms with Crippen LogP contribution < -0.4 is 4.46 Å². The first-order valence-electron chi connectivity index (χ1n) is 5.26. The summed E-state index contributed by atoms with van der Waals surface area (Å²) in [5.74, 6) is 0.0771. The van der Waals surface area contributed by atoms with E-state index in [4.69, 9.17) is 0 Å². The zero-order valence-electron chi connectivity index (χ0n) is 9.17. The van der Waals surface area contributed by atoms with Gasteiger partial charge in [0.2, 0.25) is 0 Å². The number of hydrogen-bond donors (Lipinski definition) is 1. The van der Waals surface area contributed by atoms with Crippen LogP contribution in [-0.4, -0.2) is 25.8 Å². The Kier molecular flexibility index (Phi) is 3.97. The molecule has 2 rings (SSSR count). The molecular weight excluding hydrogens is 279 g/mol. The molecule has 0 aliphatic rings. The molecule has 0 amide bonds. The van der Waals surface area contributed by atoms with E-state index in [1.54, 1.807) is 24.3 Å². The Hall–Kier alpha value is -1.57.